The molecule has 1 N–H and O–H groups in total. The van der Waals surface area contributed by atoms with Gasteiger partial charge < -0.3 is 10.1 Å². The van der Waals surface area contributed by atoms with E-state index in [1.54, 1.807) is 0 Å². The number of amides is 1. The summed E-state index contributed by atoms with van der Waals surface area (Å²) < 4.78 is 4.34. The third-order valence-corrected chi connectivity index (χ3v) is 2.64. The van der Waals surface area contributed by atoms with Crippen LogP contribution in [0.25, 0.3) is 0 Å². The molecule has 0 radical (unpaired) electrons. The topological polar surface area (TPSA) is 55.4 Å². The average molecular weight is 309 g/mol. The fraction of sp³-hybridized carbons (Fsp3) is 0.0909. The number of ether oxygens (including phenoxy) is 1. The average Bonchev–Trinajstić information content (AvgIpc) is 2.30. The number of hydrogen-bond acceptors (Lipinski definition) is 3. The quantitative estimate of drug-likeness (QED) is 0.688. The number of rotatable bonds is 3. The molecule has 1 rings (SSSR count). The number of hydrogen-bond donors (Lipinski definition) is 1. The molecule has 0 saturated carbocycles. The second-order valence-electron chi connectivity index (χ2n) is 3.09. The van der Waals surface area contributed by atoms with Gasteiger partial charge in [0.2, 0.25) is 5.91 Å². The van der Waals surface area contributed by atoms with Gasteiger partial charge in [-0.25, -0.2) is 4.79 Å². The van der Waals surface area contributed by atoms with Gasteiger partial charge in [0, 0.05) is 17.2 Å². The van der Waals surface area contributed by atoms with Gasteiger partial charge in [-0.2, -0.15) is 0 Å². The lowest BCUT2D eigenvalue weighted by atomic mass is 10.3. The summed E-state index contributed by atoms with van der Waals surface area (Å²) in [5.41, 5.74) is 0.224. The van der Waals surface area contributed by atoms with Crippen molar-refractivity contribution in [2.24, 2.45) is 0 Å². The monoisotopic (exact) mass is 307 g/mol. The lowest BCUT2D eigenvalue weighted by Crippen LogP contribution is -2.10. The highest BCUT2D eigenvalue weighted by molar-refractivity contribution is 6.42. The van der Waals surface area contributed by atoms with Crippen LogP contribution in [0.3, 0.4) is 0 Å². The van der Waals surface area contributed by atoms with Crippen molar-refractivity contribution in [3.63, 3.8) is 0 Å². The van der Waals surface area contributed by atoms with Gasteiger partial charge in [-0.3, -0.25) is 4.79 Å². The highest BCUT2D eigenvalue weighted by Crippen LogP contribution is 2.33. The maximum Gasteiger partial charge on any atom is 0.330 e. The van der Waals surface area contributed by atoms with Gasteiger partial charge in [-0.05, 0) is 12.1 Å². The van der Waals surface area contributed by atoms with Crippen LogP contribution in [0.1, 0.15) is 0 Å². The summed E-state index contributed by atoms with van der Waals surface area (Å²) in [6, 6.07) is 2.88. The molecular weight excluding hydrogens is 300 g/mol. The molecular formula is C11H8Cl3NO3. The number of anilines is 1. The predicted octanol–water partition coefficient (Wildman–Crippen LogP) is 3.31. The van der Waals surface area contributed by atoms with E-state index in [9.17, 15) is 9.59 Å². The minimum Gasteiger partial charge on any atom is -0.466 e. The van der Waals surface area contributed by atoms with Gasteiger partial charge >= 0.3 is 5.97 Å². The molecule has 0 unspecified atom stereocenters. The number of methoxy groups -OCH3 is 1. The second kappa shape index (κ2) is 6.64. The third kappa shape index (κ3) is 4.22. The van der Waals surface area contributed by atoms with E-state index in [1.165, 1.54) is 19.2 Å². The van der Waals surface area contributed by atoms with Gasteiger partial charge in [0.25, 0.3) is 0 Å². The Balaban J connectivity index is 2.83. The van der Waals surface area contributed by atoms with Gasteiger partial charge in [0.05, 0.1) is 22.8 Å². The normalized spacial score (nSPS) is 10.4. The van der Waals surface area contributed by atoms with E-state index in [2.05, 4.69) is 10.1 Å². The van der Waals surface area contributed by atoms with Crippen LogP contribution in [0.2, 0.25) is 15.1 Å². The second-order valence-corrected chi connectivity index (χ2v) is 4.34. The van der Waals surface area contributed by atoms with Crippen LogP contribution in [0, 0.1) is 0 Å². The molecule has 4 nitrogen and oxygen atoms in total. The maximum atomic E-state index is 11.5. The highest BCUT2D eigenvalue weighted by atomic mass is 35.5. The summed E-state index contributed by atoms with van der Waals surface area (Å²) >= 11 is 17.5. The maximum absolute atomic E-state index is 11.5. The molecule has 7 heteroatoms. The van der Waals surface area contributed by atoms with Crippen LogP contribution in [0.4, 0.5) is 5.69 Å². The van der Waals surface area contributed by atoms with Crippen molar-refractivity contribution in [2.45, 2.75) is 0 Å². The standard InChI is InChI=1S/C11H8Cl3NO3/c1-18-10(17)3-2-9(16)15-11-7(13)4-6(12)5-8(11)14/h2-5H,1H3,(H,15,16)/b3-2-. The molecule has 1 amide bonds. The van der Waals surface area contributed by atoms with Crippen LogP contribution >= 0.6 is 34.8 Å². The van der Waals surface area contributed by atoms with E-state index in [4.69, 9.17) is 34.8 Å². The Morgan fingerprint density at radius 1 is 1.17 bits per heavy atom. The zero-order valence-corrected chi connectivity index (χ0v) is 11.4. The molecule has 0 atom stereocenters. The van der Waals surface area contributed by atoms with Crippen LogP contribution in [0.5, 0.6) is 0 Å². The van der Waals surface area contributed by atoms with E-state index < -0.39 is 11.9 Å². The molecule has 0 bridgehead atoms. The first kappa shape index (κ1) is 14.8. The van der Waals surface area contributed by atoms with Crippen molar-refractivity contribution in [1.29, 1.82) is 0 Å². The zero-order chi connectivity index (χ0) is 13.7. The molecule has 0 aliphatic carbocycles. The van der Waals surface area contributed by atoms with E-state index in [-0.39, 0.29) is 15.7 Å². The first-order valence-corrected chi connectivity index (χ1v) is 5.79. The Labute approximate surface area is 118 Å². The SMILES string of the molecule is COC(=O)/C=C\C(=O)Nc1c(Cl)cc(Cl)cc1Cl. The molecule has 0 aliphatic heterocycles. The molecule has 1 aromatic rings. The summed E-state index contributed by atoms with van der Waals surface area (Å²) in [5.74, 6) is -1.20. The number of halogens is 3. The Morgan fingerprint density at radius 2 is 1.72 bits per heavy atom. The fourth-order valence-electron chi connectivity index (χ4n) is 1.04. The smallest absolute Gasteiger partial charge is 0.330 e. The van der Waals surface area contributed by atoms with Gasteiger partial charge in [-0.15, -0.1) is 0 Å². The molecule has 18 heavy (non-hydrogen) atoms. The van der Waals surface area contributed by atoms with Gasteiger partial charge in [-0.1, -0.05) is 34.8 Å². The lowest BCUT2D eigenvalue weighted by Gasteiger charge is -2.07. The van der Waals surface area contributed by atoms with E-state index in [0.717, 1.165) is 12.2 Å². The van der Waals surface area contributed by atoms with E-state index >= 15 is 0 Å². The third-order valence-electron chi connectivity index (χ3n) is 1.83. The van der Waals surface area contributed by atoms with E-state index in [1.807, 2.05) is 0 Å². The Morgan fingerprint density at radius 3 is 2.22 bits per heavy atom. The summed E-state index contributed by atoms with van der Waals surface area (Å²) in [5, 5.41) is 3.19. The van der Waals surface area contributed by atoms with Crippen molar-refractivity contribution in [1.82, 2.24) is 0 Å². The van der Waals surface area contributed by atoms with Crippen LogP contribution < -0.4 is 5.32 Å². The zero-order valence-electron chi connectivity index (χ0n) is 9.17. The number of carbonyl (C=O) groups is 2. The number of carbonyl (C=O) groups excluding carboxylic acids is 2. The fourth-order valence-corrected chi connectivity index (χ4v) is 1.95. The molecule has 0 heterocycles. The molecule has 0 saturated heterocycles. The van der Waals surface area contributed by atoms with Crippen molar-refractivity contribution in [3.05, 3.63) is 39.4 Å². The number of benzene rings is 1. The Hall–Kier alpha value is -1.23. The lowest BCUT2D eigenvalue weighted by molar-refractivity contribution is -0.135. The summed E-state index contributed by atoms with van der Waals surface area (Å²) in [6.07, 6.45) is 1.99. The van der Waals surface area contributed by atoms with Crippen molar-refractivity contribution >= 4 is 52.4 Å². The number of esters is 1. The molecule has 0 spiro atoms. The van der Waals surface area contributed by atoms with Crippen molar-refractivity contribution < 1.29 is 14.3 Å². The van der Waals surface area contributed by atoms with E-state index in [0.29, 0.717) is 5.02 Å². The highest BCUT2D eigenvalue weighted by Gasteiger charge is 2.09. The minimum absolute atomic E-state index is 0.201. The summed E-state index contributed by atoms with van der Waals surface area (Å²) in [7, 11) is 1.21. The minimum atomic E-state index is -0.640. The Kier molecular flexibility index (Phi) is 5.47. The molecule has 0 fully saturated rings. The first-order valence-electron chi connectivity index (χ1n) is 4.65. The molecule has 96 valence electrons. The van der Waals surface area contributed by atoms with Gasteiger partial charge in [0.15, 0.2) is 0 Å². The molecule has 0 aliphatic rings. The number of nitrogens with one attached hydrogen (secondary N) is 1. The van der Waals surface area contributed by atoms with Crippen LogP contribution in [-0.4, -0.2) is 19.0 Å². The summed E-state index contributed by atoms with van der Waals surface area (Å²) in [4.78, 5) is 22.3. The van der Waals surface area contributed by atoms with Crippen molar-refractivity contribution in [3.8, 4) is 0 Å². The first-order chi connectivity index (χ1) is 8.43. The van der Waals surface area contributed by atoms with Crippen molar-refractivity contribution in [2.75, 3.05) is 12.4 Å². The predicted molar refractivity (Wildman–Crippen MR) is 71.3 cm³/mol. The largest absolute Gasteiger partial charge is 0.466 e. The van der Waals surface area contributed by atoms with Gasteiger partial charge in [0.1, 0.15) is 0 Å². The van der Waals surface area contributed by atoms with Crippen LogP contribution in [-0.2, 0) is 14.3 Å². The molecule has 1 aromatic carbocycles. The molecule has 0 aromatic heterocycles. The summed E-state index contributed by atoms with van der Waals surface area (Å²) in [6.45, 7) is 0. The van der Waals surface area contributed by atoms with Crippen LogP contribution in [0.15, 0.2) is 24.3 Å². The Bertz CT molecular complexity index is 491.